The van der Waals surface area contributed by atoms with Gasteiger partial charge in [0.25, 0.3) is 11.4 Å². The quantitative estimate of drug-likeness (QED) is 0.0123. The van der Waals surface area contributed by atoms with Crippen molar-refractivity contribution < 1.29 is 55.4 Å². The Labute approximate surface area is 761 Å². The second kappa shape index (κ2) is 48.8. The van der Waals surface area contributed by atoms with E-state index < -0.39 is 21.9 Å². The molecule has 2 saturated heterocycles. The summed E-state index contributed by atoms with van der Waals surface area (Å²) < 4.78 is 45.4. The second-order valence-electron chi connectivity index (χ2n) is 25.3. The molecule has 16 N–H and O–H groups in total. The highest BCUT2D eigenvalue weighted by Crippen LogP contribution is 2.32. The zero-order chi connectivity index (χ0) is 90.4. The van der Waals surface area contributed by atoms with Crippen LogP contribution in [0.15, 0.2) is 280 Å². The summed E-state index contributed by atoms with van der Waals surface area (Å²) in [6.45, 7) is 5.49. The number of anilines is 3. The average molecular weight is 1900 g/mol. The molecule has 15 rings (SSSR count). The summed E-state index contributed by atoms with van der Waals surface area (Å²) in [5.74, 6) is 8.55. The van der Waals surface area contributed by atoms with Crippen LogP contribution in [0.2, 0.25) is 15.1 Å². The maximum atomic E-state index is 10.7. The number of urea groups is 2. The van der Waals surface area contributed by atoms with E-state index in [0.717, 1.165) is 64.4 Å². The standard InChI is InChI=1S/C22H24ClN7O3.C12H10BrN3OS.C12H10ClN3O2.C12H10ClN3OS.C12H10N4O4.C12H10N4O3S/c23-18-4-2-1-3-17(18)19-6-5-16(33-19)15-24-28-20-25-21(29-7-11-31-12-8-29)27-22(26-20)30-9-13-32-14-10-30;13-9-3-1-8(2-4-9)11-6-5-10(17-11)7-15-16-12(14)18;13-9-3-1-8(2-4-9)11-6-5-10(18-11)7-15-16-12(14)17;13-9-3-1-8(2-4-9)11-6-5-10(17-11)7-15-16-12(14)18;13-12(17)15-14-7-10-4-5-11(20-10)8-2-1-3-9(6-8)16(18)19;13-12(20)15-14-7-10-4-5-11(19-10)8-2-1-3-9(6-8)16(17)18/h1-6,15H,7-14H2,(H,25,26,27,28);1-7H,(H3,14,16,18);1-7H,(H3,14,16,17);1-7H,(H3,14,16,18);1-7H,(H3,13,15,17);1-7H,(H3,13,15,20)/b24-15+;3*15-7+;2*14-7+. The van der Waals surface area contributed by atoms with Crippen LogP contribution in [0.4, 0.5) is 38.8 Å². The predicted octanol–water partition coefficient (Wildman–Crippen LogP) is 15.0. The Morgan fingerprint density at radius 2 is 0.709 bits per heavy atom. The third-order valence-electron chi connectivity index (χ3n) is 16.4. The van der Waals surface area contributed by atoms with E-state index in [4.69, 9.17) is 99.4 Å². The van der Waals surface area contributed by atoms with Crippen LogP contribution in [0.3, 0.4) is 0 Å². The van der Waals surface area contributed by atoms with Gasteiger partial charge >= 0.3 is 12.1 Å². The van der Waals surface area contributed by atoms with E-state index in [9.17, 15) is 29.8 Å². The molecule has 7 aromatic heterocycles. The van der Waals surface area contributed by atoms with Crippen molar-refractivity contribution in [2.24, 2.45) is 59.3 Å². The van der Waals surface area contributed by atoms with Gasteiger partial charge in [-0.05, 0) is 182 Å². The molecular formula is C82H74BrCl3N24O14S3. The van der Waals surface area contributed by atoms with Gasteiger partial charge in [0.05, 0.1) is 78.6 Å². The summed E-state index contributed by atoms with van der Waals surface area (Å²) >= 11 is 35.1. The van der Waals surface area contributed by atoms with Crippen LogP contribution in [0, 0.1) is 20.2 Å². The number of nitro benzene ring substituents is 2. The molecule has 652 valence electrons. The van der Waals surface area contributed by atoms with Crippen molar-refractivity contribution in [2.75, 3.05) is 67.8 Å². The Morgan fingerprint density at radius 3 is 1.05 bits per heavy atom. The Bertz CT molecular complexity index is 5670. The number of amides is 4. The van der Waals surface area contributed by atoms with Crippen molar-refractivity contribution in [3.63, 3.8) is 0 Å². The SMILES string of the molecule is Clc1ccccc1-c1ccc(/C=N/Nc2nc(N3CCOCC3)nc(N3CCOCC3)n2)o1.NC(=O)N/N=C/c1ccc(-c2ccc(Cl)cc2)o1.NC(=O)N/N=C/c1ccc(-c2cccc([N+](=O)[O-])c2)o1.NC(=S)N/N=C/c1ccc(-c2ccc(Br)cc2)o1.NC(=S)N/N=C/c1ccc(-c2ccc(Cl)cc2)o1.NC(=S)N/N=C/c1ccc(-c2cccc([N+](=O)[O-])c2)o1. The maximum absolute atomic E-state index is 10.7. The van der Waals surface area contributed by atoms with Crippen LogP contribution >= 0.6 is 87.4 Å². The third kappa shape index (κ3) is 31.8. The number of hydrogen-bond acceptors (Lipinski definition) is 29. The number of aromatic nitrogens is 3. The highest BCUT2D eigenvalue weighted by atomic mass is 79.9. The Morgan fingerprint density at radius 1 is 0.394 bits per heavy atom. The van der Waals surface area contributed by atoms with Crippen LogP contribution in [0.25, 0.3) is 67.9 Å². The molecule has 2 fully saturated rings. The molecule has 0 saturated carbocycles. The lowest BCUT2D eigenvalue weighted by atomic mass is 10.1. The van der Waals surface area contributed by atoms with Crippen LogP contribution in [-0.4, -0.2) is 142 Å². The number of nitrogens with one attached hydrogen (secondary N) is 6. The number of carbonyl (C=O) groups excluding carboxylic acids is 2. The monoisotopic (exact) mass is 1900 g/mol. The number of morpholine rings is 2. The second-order valence-corrected chi connectivity index (χ2v) is 28.8. The molecule has 0 bridgehead atoms. The number of hydrazone groups is 6. The fourth-order valence-electron chi connectivity index (χ4n) is 10.7. The molecule has 0 aliphatic carbocycles. The van der Waals surface area contributed by atoms with Crippen LogP contribution in [-0.2, 0) is 9.47 Å². The summed E-state index contributed by atoms with van der Waals surface area (Å²) in [6, 6.07) is 62.0. The van der Waals surface area contributed by atoms with Gasteiger partial charge in [0.1, 0.15) is 69.1 Å². The number of primary amides is 2. The minimum atomic E-state index is -0.785. The van der Waals surface area contributed by atoms with Gasteiger partial charge in [-0.3, -0.25) is 36.5 Å². The molecule has 2 aliphatic heterocycles. The Kier molecular flexibility index (Phi) is 36.3. The topological polar surface area (TPSA) is 539 Å². The van der Waals surface area contributed by atoms with Gasteiger partial charge in [-0.25, -0.2) is 25.9 Å². The van der Waals surface area contributed by atoms with E-state index in [1.165, 1.54) is 55.3 Å². The number of nitrogens with two attached hydrogens (primary N) is 5. The fraction of sp³-hybridized carbons (Fsp3) is 0.0976. The van der Waals surface area contributed by atoms with E-state index in [2.05, 4.69) is 135 Å². The molecule has 0 unspecified atom stereocenters. The summed E-state index contributed by atoms with van der Waals surface area (Å²) in [4.78, 5) is 59.3. The first-order valence-corrected chi connectivity index (χ1v) is 40.2. The summed E-state index contributed by atoms with van der Waals surface area (Å²) in [5.41, 5.74) is 44.6. The number of thiocarbonyl (C=S) groups is 3. The number of nitrogens with zero attached hydrogens (tertiary/aromatic N) is 13. The number of non-ortho nitro benzene ring substituents is 2. The lowest BCUT2D eigenvalue weighted by molar-refractivity contribution is -0.385. The molecule has 0 radical (unpaired) electrons. The van der Waals surface area contributed by atoms with Gasteiger partial charge in [-0.1, -0.05) is 99.3 Å². The molecule has 2 aliphatic rings. The van der Waals surface area contributed by atoms with Crippen molar-refractivity contribution in [1.82, 2.24) is 42.1 Å². The first kappa shape index (κ1) is 94.4. The highest BCUT2D eigenvalue weighted by molar-refractivity contribution is 9.10. The predicted molar refractivity (Wildman–Crippen MR) is 501 cm³/mol. The van der Waals surface area contributed by atoms with Gasteiger partial charge in [0.2, 0.25) is 17.8 Å². The first-order chi connectivity index (χ1) is 61.3. The van der Waals surface area contributed by atoms with Crippen molar-refractivity contribution in [3.05, 3.63) is 293 Å². The Balaban J connectivity index is 0.000000162. The van der Waals surface area contributed by atoms with E-state index in [0.29, 0.717) is 128 Å². The number of hydrogen-bond donors (Lipinski definition) is 11. The van der Waals surface area contributed by atoms with E-state index >= 15 is 0 Å². The van der Waals surface area contributed by atoms with Crippen LogP contribution in [0.5, 0.6) is 0 Å². The van der Waals surface area contributed by atoms with Crippen LogP contribution in [0.1, 0.15) is 34.6 Å². The largest absolute Gasteiger partial charge is 0.455 e. The number of rotatable bonds is 23. The van der Waals surface area contributed by atoms with Crippen molar-refractivity contribution in [2.45, 2.75) is 0 Å². The normalized spacial score (nSPS) is 12.3. The zero-order valence-electron chi connectivity index (χ0n) is 66.1. The van der Waals surface area contributed by atoms with Gasteiger partial charge in [-0.15, -0.1) is 0 Å². The third-order valence-corrected chi connectivity index (χ3v) is 18.0. The van der Waals surface area contributed by atoms with Crippen LogP contribution < -0.4 is 71.0 Å². The molecule has 4 amide bonds. The van der Waals surface area contributed by atoms with Crippen molar-refractivity contribution >= 4 is 181 Å². The van der Waals surface area contributed by atoms with E-state index in [1.54, 1.807) is 85.1 Å². The highest BCUT2D eigenvalue weighted by Gasteiger charge is 2.22. The lowest BCUT2D eigenvalue weighted by Gasteiger charge is -2.30. The van der Waals surface area contributed by atoms with Gasteiger partial charge < -0.3 is 74.4 Å². The fourth-order valence-corrected chi connectivity index (χ4v) is 11.6. The molecule has 13 aromatic rings. The average Bonchev–Trinajstić information content (AvgIpc) is 1.75. The van der Waals surface area contributed by atoms with Gasteiger partial charge in [-0.2, -0.15) is 45.6 Å². The molecule has 45 heteroatoms. The maximum Gasteiger partial charge on any atom is 0.332 e. The molecule has 127 heavy (non-hydrogen) atoms. The number of ether oxygens (including phenoxy) is 2. The van der Waals surface area contributed by atoms with E-state index in [-0.39, 0.29) is 26.7 Å². The number of nitro groups is 2. The molecular weight excluding hydrogens is 1830 g/mol. The zero-order valence-corrected chi connectivity index (χ0v) is 72.4. The molecule has 0 atom stereocenters. The summed E-state index contributed by atoms with van der Waals surface area (Å²) in [7, 11) is 0. The van der Waals surface area contributed by atoms with Gasteiger partial charge in [0.15, 0.2) is 15.3 Å². The first-order valence-electron chi connectivity index (χ1n) is 37.1. The minimum absolute atomic E-state index is 0.00395. The number of carbonyl (C=O) groups is 2. The smallest absolute Gasteiger partial charge is 0.332 e. The molecule has 9 heterocycles. The molecule has 0 spiro atoms. The van der Waals surface area contributed by atoms with E-state index in [1.807, 2.05) is 121 Å². The van der Waals surface area contributed by atoms with Crippen molar-refractivity contribution in [1.29, 1.82) is 0 Å². The summed E-state index contributed by atoms with van der Waals surface area (Å²) in [5, 5.41) is 46.5. The number of halogens is 4. The summed E-state index contributed by atoms with van der Waals surface area (Å²) in [6.07, 6.45) is 8.63. The number of benzene rings is 6. The van der Waals surface area contributed by atoms with Crippen molar-refractivity contribution in [3.8, 4) is 67.9 Å². The Hall–Kier alpha value is -14.9. The minimum Gasteiger partial charge on any atom is -0.455 e. The lowest BCUT2D eigenvalue weighted by Crippen LogP contribution is -2.40. The molecule has 6 aromatic carbocycles. The molecule has 38 nitrogen and oxygen atoms in total. The van der Waals surface area contributed by atoms with Gasteiger partial charge in [0, 0.05) is 98.3 Å². The number of furan rings is 6.